The van der Waals surface area contributed by atoms with E-state index >= 15 is 0 Å². The minimum Gasteiger partial charge on any atom is -0.387 e. The van der Waals surface area contributed by atoms with Crippen molar-refractivity contribution < 1.29 is 18.7 Å². The van der Waals surface area contributed by atoms with Crippen LogP contribution >= 0.6 is 0 Å². The van der Waals surface area contributed by atoms with E-state index in [1.807, 2.05) is 4.90 Å². The molecule has 1 aliphatic carbocycles. The molecule has 0 spiro atoms. The zero-order valence-corrected chi connectivity index (χ0v) is 12.3. The molecular weight excluding hydrogens is 290 g/mol. The molecule has 3 unspecified atom stereocenters. The van der Waals surface area contributed by atoms with Crippen molar-refractivity contribution in [2.45, 2.75) is 43.9 Å². The molecule has 0 aromatic heterocycles. The van der Waals surface area contributed by atoms with Gasteiger partial charge in [-0.2, -0.15) is 0 Å². The lowest BCUT2D eigenvalue weighted by atomic mass is 9.87. The van der Waals surface area contributed by atoms with E-state index in [9.17, 15) is 18.7 Å². The van der Waals surface area contributed by atoms with E-state index in [2.05, 4.69) is 5.32 Å². The van der Waals surface area contributed by atoms with Crippen LogP contribution in [0.1, 0.15) is 37.4 Å². The first-order valence-corrected chi connectivity index (χ1v) is 7.71. The van der Waals surface area contributed by atoms with Crippen LogP contribution in [0.25, 0.3) is 0 Å². The number of rotatable bonds is 3. The van der Waals surface area contributed by atoms with Crippen LogP contribution in [0.3, 0.4) is 0 Å². The first-order chi connectivity index (χ1) is 10.5. The number of nitrogens with one attached hydrogen (secondary N) is 1. The number of halogens is 2. The average molecular weight is 310 g/mol. The molecule has 6 heteroatoms. The number of aliphatic hydroxyl groups is 1. The van der Waals surface area contributed by atoms with Gasteiger partial charge in [0.05, 0.1) is 12.6 Å². The molecule has 1 aromatic rings. The molecular formula is C16H20F2N2O2. The summed E-state index contributed by atoms with van der Waals surface area (Å²) in [5, 5.41) is 13.3. The molecule has 1 amide bonds. The van der Waals surface area contributed by atoms with Gasteiger partial charge in [0.15, 0.2) is 0 Å². The Morgan fingerprint density at radius 2 is 2.09 bits per heavy atom. The largest absolute Gasteiger partial charge is 0.387 e. The van der Waals surface area contributed by atoms with E-state index in [4.69, 9.17) is 0 Å². The van der Waals surface area contributed by atoms with Gasteiger partial charge in [-0.05, 0) is 18.9 Å². The highest BCUT2D eigenvalue weighted by Crippen LogP contribution is 2.28. The Balaban J connectivity index is 1.74. The molecule has 2 aliphatic rings. The number of carbonyl (C=O) groups excluding carboxylic acids is 1. The number of hydrogen-bond acceptors (Lipinski definition) is 3. The van der Waals surface area contributed by atoms with Gasteiger partial charge in [-0.15, -0.1) is 0 Å². The number of benzene rings is 1. The normalized spacial score (nSPS) is 27.1. The number of aliphatic hydroxyl groups excluding tert-OH is 1. The fraction of sp³-hybridized carbons (Fsp3) is 0.562. The summed E-state index contributed by atoms with van der Waals surface area (Å²) in [6.45, 7) is 0.387. The number of nitrogens with zero attached hydrogens (tertiary/aromatic N) is 1. The van der Waals surface area contributed by atoms with Gasteiger partial charge in [0, 0.05) is 30.3 Å². The maximum absolute atomic E-state index is 13.8. The number of β-amino-alcohol motifs (C(OH)–C–C–N with tert-alkyl or cyclic N) is 1. The first-order valence-electron chi connectivity index (χ1n) is 7.71. The molecule has 2 fully saturated rings. The number of piperazine rings is 1. The Morgan fingerprint density at radius 3 is 2.86 bits per heavy atom. The van der Waals surface area contributed by atoms with Gasteiger partial charge < -0.3 is 10.4 Å². The van der Waals surface area contributed by atoms with Crippen molar-refractivity contribution in [2.75, 3.05) is 13.1 Å². The molecule has 0 bridgehead atoms. The Hall–Kier alpha value is -1.53. The molecule has 3 rings (SSSR count). The van der Waals surface area contributed by atoms with Crippen LogP contribution in [0.5, 0.6) is 0 Å². The Morgan fingerprint density at radius 1 is 1.32 bits per heavy atom. The van der Waals surface area contributed by atoms with Gasteiger partial charge in [0.25, 0.3) is 0 Å². The van der Waals surface area contributed by atoms with E-state index in [0.29, 0.717) is 0 Å². The van der Waals surface area contributed by atoms with Gasteiger partial charge in [-0.3, -0.25) is 9.69 Å². The number of carbonyl (C=O) groups is 1. The average Bonchev–Trinajstić information content (AvgIpc) is 2.46. The fourth-order valence-corrected chi connectivity index (χ4v) is 3.56. The predicted molar refractivity (Wildman–Crippen MR) is 77.1 cm³/mol. The van der Waals surface area contributed by atoms with Crippen molar-refractivity contribution >= 4 is 5.91 Å². The quantitative estimate of drug-likeness (QED) is 0.894. The zero-order chi connectivity index (χ0) is 15.7. The minimum atomic E-state index is -1.07. The highest BCUT2D eigenvalue weighted by Gasteiger charge is 2.37. The molecule has 0 radical (unpaired) electrons. The van der Waals surface area contributed by atoms with Crippen molar-refractivity contribution in [1.29, 1.82) is 0 Å². The lowest BCUT2D eigenvalue weighted by Crippen LogP contribution is -2.62. The Bertz CT molecular complexity index is 567. The standard InChI is InChI=1S/C16H20F2N2O2/c17-10-5-6-11(12(18)7-10)15(21)8-20-9-16(22)19-13-3-1-2-4-14(13)20/h5-7,13-15,21H,1-4,8-9H2,(H,19,22). The lowest BCUT2D eigenvalue weighted by molar-refractivity contribution is -0.129. The maximum atomic E-state index is 13.8. The second-order valence-electron chi connectivity index (χ2n) is 6.14. The predicted octanol–water partition coefficient (Wildman–Crippen LogP) is 1.74. The third-order valence-corrected chi connectivity index (χ3v) is 4.62. The van der Waals surface area contributed by atoms with Crippen LogP contribution in [-0.4, -0.2) is 41.1 Å². The second-order valence-corrected chi connectivity index (χ2v) is 6.14. The molecule has 2 N–H and O–H groups in total. The molecule has 1 heterocycles. The number of fused-ring (bicyclic) bond motifs is 1. The van der Waals surface area contributed by atoms with Crippen LogP contribution in [0.4, 0.5) is 8.78 Å². The van der Waals surface area contributed by atoms with E-state index in [-0.39, 0.29) is 36.6 Å². The number of amides is 1. The smallest absolute Gasteiger partial charge is 0.234 e. The number of hydrogen-bond donors (Lipinski definition) is 2. The third kappa shape index (κ3) is 3.13. The van der Waals surface area contributed by atoms with Crippen LogP contribution in [-0.2, 0) is 4.79 Å². The van der Waals surface area contributed by atoms with Gasteiger partial charge >= 0.3 is 0 Å². The van der Waals surface area contributed by atoms with Crippen LogP contribution in [0.15, 0.2) is 18.2 Å². The van der Waals surface area contributed by atoms with E-state index < -0.39 is 17.7 Å². The van der Waals surface area contributed by atoms with Crippen molar-refractivity contribution in [1.82, 2.24) is 10.2 Å². The molecule has 4 nitrogen and oxygen atoms in total. The lowest BCUT2D eigenvalue weighted by Gasteiger charge is -2.44. The fourth-order valence-electron chi connectivity index (χ4n) is 3.56. The van der Waals surface area contributed by atoms with Crippen molar-refractivity contribution in [3.05, 3.63) is 35.4 Å². The molecule has 3 atom stereocenters. The van der Waals surface area contributed by atoms with Gasteiger partial charge in [0.2, 0.25) is 5.91 Å². The summed E-state index contributed by atoms with van der Waals surface area (Å²) in [5.74, 6) is -1.48. The summed E-state index contributed by atoms with van der Waals surface area (Å²) < 4.78 is 26.7. The van der Waals surface area contributed by atoms with Gasteiger partial charge in [-0.1, -0.05) is 18.9 Å². The van der Waals surface area contributed by atoms with Crippen LogP contribution in [0.2, 0.25) is 0 Å². The molecule has 1 saturated carbocycles. The molecule has 1 aliphatic heterocycles. The Kier molecular flexibility index (Phi) is 4.40. The molecule has 22 heavy (non-hydrogen) atoms. The summed E-state index contributed by atoms with van der Waals surface area (Å²) >= 11 is 0. The van der Waals surface area contributed by atoms with Crippen LogP contribution < -0.4 is 5.32 Å². The highest BCUT2D eigenvalue weighted by atomic mass is 19.1. The highest BCUT2D eigenvalue weighted by molar-refractivity contribution is 5.79. The first kappa shape index (κ1) is 15.4. The molecule has 1 aromatic carbocycles. The van der Waals surface area contributed by atoms with E-state index in [0.717, 1.165) is 37.8 Å². The van der Waals surface area contributed by atoms with Crippen LogP contribution in [0, 0.1) is 11.6 Å². The summed E-state index contributed by atoms with van der Waals surface area (Å²) in [6.07, 6.45) is 3.00. The van der Waals surface area contributed by atoms with Gasteiger partial charge in [-0.25, -0.2) is 8.78 Å². The summed E-state index contributed by atoms with van der Waals surface area (Å²) in [6, 6.07) is 3.46. The van der Waals surface area contributed by atoms with E-state index in [1.165, 1.54) is 6.07 Å². The second kappa shape index (κ2) is 6.30. The van der Waals surface area contributed by atoms with E-state index in [1.54, 1.807) is 0 Å². The minimum absolute atomic E-state index is 0.0603. The summed E-state index contributed by atoms with van der Waals surface area (Å²) in [4.78, 5) is 13.7. The summed E-state index contributed by atoms with van der Waals surface area (Å²) in [5.41, 5.74) is 0.0692. The van der Waals surface area contributed by atoms with Crippen molar-refractivity contribution in [3.63, 3.8) is 0 Å². The van der Waals surface area contributed by atoms with Crippen molar-refractivity contribution in [3.8, 4) is 0 Å². The topological polar surface area (TPSA) is 52.6 Å². The third-order valence-electron chi connectivity index (χ3n) is 4.62. The van der Waals surface area contributed by atoms with Crippen molar-refractivity contribution in [2.24, 2.45) is 0 Å². The summed E-state index contributed by atoms with van der Waals surface area (Å²) in [7, 11) is 0. The molecule has 120 valence electrons. The monoisotopic (exact) mass is 310 g/mol. The molecule has 1 saturated heterocycles. The Labute approximate surface area is 128 Å². The maximum Gasteiger partial charge on any atom is 0.234 e. The zero-order valence-electron chi connectivity index (χ0n) is 12.3. The SMILES string of the molecule is O=C1CN(CC(O)c2ccc(F)cc2F)C2CCCCC2N1. The van der Waals surface area contributed by atoms with Gasteiger partial charge in [0.1, 0.15) is 11.6 Å².